The predicted octanol–water partition coefficient (Wildman–Crippen LogP) is 0.185. The molecule has 1 aromatic carbocycles. The summed E-state index contributed by atoms with van der Waals surface area (Å²) in [6.45, 7) is 0. The number of hydrogen-bond donors (Lipinski definition) is 3. The van der Waals surface area contributed by atoms with E-state index in [4.69, 9.17) is 17.2 Å². The van der Waals surface area contributed by atoms with Gasteiger partial charge in [0.1, 0.15) is 0 Å². The fraction of sp³-hybridized carbons (Fsp3) is 0.143. The van der Waals surface area contributed by atoms with E-state index in [1.165, 1.54) is 0 Å². The topological polar surface area (TPSA) is 78.1 Å². The largest absolute Gasteiger partial charge is 0.398 e. The Morgan fingerprint density at radius 1 is 1.10 bits per heavy atom. The maximum absolute atomic E-state index is 5.56. The molecule has 1 rings (SSSR count). The van der Waals surface area contributed by atoms with E-state index < -0.39 is 6.17 Å². The Balaban J connectivity index is 3.03. The smallest absolute Gasteiger partial charge is 0.0804 e. The highest BCUT2D eigenvalue weighted by molar-refractivity contribution is 5.47. The molecule has 0 heterocycles. The van der Waals surface area contributed by atoms with Crippen LogP contribution in [0.4, 0.5) is 5.69 Å². The van der Waals surface area contributed by atoms with Crippen LogP contribution in [0, 0.1) is 0 Å². The van der Waals surface area contributed by atoms with Gasteiger partial charge in [-0.3, -0.25) is 0 Å². The Morgan fingerprint density at radius 2 is 1.70 bits per heavy atom. The van der Waals surface area contributed by atoms with Crippen molar-refractivity contribution in [2.75, 3.05) is 5.73 Å². The van der Waals surface area contributed by atoms with Gasteiger partial charge in [-0.25, -0.2) is 0 Å². The Morgan fingerprint density at radius 3 is 2.10 bits per heavy atom. The van der Waals surface area contributed by atoms with Gasteiger partial charge in [-0.1, -0.05) is 18.2 Å². The standard InChI is InChI=1S/C7H11N3/c8-6-4-2-1-3-5(6)7(9)10/h1-4,7H,8-10H2. The van der Waals surface area contributed by atoms with Crippen molar-refractivity contribution in [3.63, 3.8) is 0 Å². The molecule has 0 atom stereocenters. The second-order valence-corrected chi connectivity index (χ2v) is 2.15. The van der Waals surface area contributed by atoms with Crippen LogP contribution in [0.15, 0.2) is 24.3 Å². The van der Waals surface area contributed by atoms with E-state index in [1.807, 2.05) is 18.2 Å². The number of benzene rings is 1. The lowest BCUT2D eigenvalue weighted by molar-refractivity contribution is 0.776. The average molecular weight is 137 g/mol. The SMILES string of the molecule is Nc1ccccc1C(N)N. The normalized spacial score (nSPS) is 10.3. The first-order chi connectivity index (χ1) is 4.72. The molecule has 6 N–H and O–H groups in total. The highest BCUT2D eigenvalue weighted by Crippen LogP contribution is 2.13. The number of para-hydroxylation sites is 1. The third-order valence-corrected chi connectivity index (χ3v) is 1.36. The zero-order valence-corrected chi connectivity index (χ0v) is 5.62. The maximum atomic E-state index is 5.56. The van der Waals surface area contributed by atoms with E-state index in [9.17, 15) is 0 Å². The molecule has 0 amide bonds. The van der Waals surface area contributed by atoms with Crippen molar-refractivity contribution in [1.29, 1.82) is 0 Å². The predicted molar refractivity (Wildman–Crippen MR) is 42.0 cm³/mol. The van der Waals surface area contributed by atoms with Gasteiger partial charge in [-0.15, -0.1) is 0 Å². The second-order valence-electron chi connectivity index (χ2n) is 2.15. The van der Waals surface area contributed by atoms with E-state index in [-0.39, 0.29) is 0 Å². The van der Waals surface area contributed by atoms with Gasteiger partial charge >= 0.3 is 0 Å². The minimum atomic E-state index is -0.471. The summed E-state index contributed by atoms with van der Waals surface area (Å²) in [6.07, 6.45) is -0.471. The zero-order valence-electron chi connectivity index (χ0n) is 5.62. The van der Waals surface area contributed by atoms with Crippen molar-refractivity contribution in [3.8, 4) is 0 Å². The van der Waals surface area contributed by atoms with Crippen molar-refractivity contribution in [2.24, 2.45) is 11.5 Å². The molecule has 3 nitrogen and oxygen atoms in total. The molecule has 0 spiro atoms. The van der Waals surface area contributed by atoms with Crippen molar-refractivity contribution in [3.05, 3.63) is 29.8 Å². The van der Waals surface area contributed by atoms with Crippen LogP contribution in [0.1, 0.15) is 11.7 Å². The van der Waals surface area contributed by atoms with Crippen LogP contribution >= 0.6 is 0 Å². The summed E-state index contributed by atoms with van der Waals surface area (Å²) in [4.78, 5) is 0. The Labute approximate surface area is 59.8 Å². The fourth-order valence-electron chi connectivity index (χ4n) is 0.814. The summed E-state index contributed by atoms with van der Waals surface area (Å²) in [5, 5.41) is 0. The van der Waals surface area contributed by atoms with Crippen LogP contribution in [0.25, 0.3) is 0 Å². The van der Waals surface area contributed by atoms with E-state index >= 15 is 0 Å². The molecular formula is C7H11N3. The first-order valence-corrected chi connectivity index (χ1v) is 3.07. The highest BCUT2D eigenvalue weighted by atomic mass is 14.9. The van der Waals surface area contributed by atoms with E-state index in [2.05, 4.69) is 0 Å². The molecule has 54 valence electrons. The molecule has 0 saturated carbocycles. The van der Waals surface area contributed by atoms with Gasteiger partial charge < -0.3 is 17.2 Å². The van der Waals surface area contributed by atoms with Gasteiger partial charge in [0.05, 0.1) is 6.17 Å². The number of nitrogen functional groups attached to an aromatic ring is 1. The third-order valence-electron chi connectivity index (χ3n) is 1.36. The van der Waals surface area contributed by atoms with Crippen LogP contribution in [-0.2, 0) is 0 Å². The maximum Gasteiger partial charge on any atom is 0.0804 e. The Hall–Kier alpha value is -1.06. The monoisotopic (exact) mass is 137 g/mol. The summed E-state index contributed by atoms with van der Waals surface area (Å²) >= 11 is 0. The van der Waals surface area contributed by atoms with Crippen LogP contribution < -0.4 is 17.2 Å². The molecule has 0 aliphatic rings. The van der Waals surface area contributed by atoms with Crippen molar-refractivity contribution in [1.82, 2.24) is 0 Å². The molecule has 10 heavy (non-hydrogen) atoms. The minimum absolute atomic E-state index is 0.471. The first-order valence-electron chi connectivity index (χ1n) is 3.07. The van der Waals surface area contributed by atoms with Crippen molar-refractivity contribution >= 4 is 5.69 Å². The molecule has 0 unspecified atom stereocenters. The highest BCUT2D eigenvalue weighted by Gasteiger charge is 2.00. The van der Waals surface area contributed by atoms with Crippen LogP contribution in [0.3, 0.4) is 0 Å². The molecule has 0 aromatic heterocycles. The molecule has 0 aliphatic carbocycles. The van der Waals surface area contributed by atoms with E-state index in [0.29, 0.717) is 5.69 Å². The van der Waals surface area contributed by atoms with Gasteiger partial charge in [0.2, 0.25) is 0 Å². The summed E-state index contributed by atoms with van der Waals surface area (Å²) in [5.41, 5.74) is 17.8. The zero-order chi connectivity index (χ0) is 7.56. The molecule has 0 radical (unpaired) electrons. The van der Waals surface area contributed by atoms with Gasteiger partial charge in [0.15, 0.2) is 0 Å². The van der Waals surface area contributed by atoms with Crippen LogP contribution in [0.2, 0.25) is 0 Å². The molecule has 0 saturated heterocycles. The van der Waals surface area contributed by atoms with Gasteiger partial charge in [-0.05, 0) is 6.07 Å². The lowest BCUT2D eigenvalue weighted by atomic mass is 10.1. The van der Waals surface area contributed by atoms with Crippen molar-refractivity contribution in [2.45, 2.75) is 6.17 Å². The van der Waals surface area contributed by atoms with Gasteiger partial charge in [0.25, 0.3) is 0 Å². The lowest BCUT2D eigenvalue weighted by Gasteiger charge is -2.07. The number of hydrogen-bond acceptors (Lipinski definition) is 3. The Kier molecular flexibility index (Phi) is 1.89. The molecule has 1 aromatic rings. The average Bonchev–Trinajstić information content (AvgIpc) is 1.88. The minimum Gasteiger partial charge on any atom is -0.398 e. The third kappa shape index (κ3) is 1.26. The summed E-state index contributed by atoms with van der Waals surface area (Å²) < 4.78 is 0. The molecule has 3 heteroatoms. The Bertz CT molecular complexity index is 220. The van der Waals surface area contributed by atoms with Crippen LogP contribution in [-0.4, -0.2) is 0 Å². The summed E-state index contributed by atoms with van der Waals surface area (Å²) in [6, 6.07) is 7.31. The van der Waals surface area contributed by atoms with Crippen LogP contribution in [0.5, 0.6) is 0 Å². The van der Waals surface area contributed by atoms with Gasteiger partial charge in [-0.2, -0.15) is 0 Å². The van der Waals surface area contributed by atoms with E-state index in [0.717, 1.165) is 5.56 Å². The molecule has 0 fully saturated rings. The summed E-state index contributed by atoms with van der Waals surface area (Å²) in [5.74, 6) is 0. The summed E-state index contributed by atoms with van der Waals surface area (Å²) in [7, 11) is 0. The van der Waals surface area contributed by atoms with Gasteiger partial charge in [0, 0.05) is 11.3 Å². The van der Waals surface area contributed by atoms with E-state index in [1.54, 1.807) is 6.07 Å². The number of rotatable bonds is 1. The number of nitrogens with two attached hydrogens (primary N) is 3. The quantitative estimate of drug-likeness (QED) is 0.382. The second kappa shape index (κ2) is 2.68. The first kappa shape index (κ1) is 7.05. The fourth-order valence-corrected chi connectivity index (χ4v) is 0.814. The molecule has 0 bridgehead atoms. The molecular weight excluding hydrogens is 126 g/mol. The van der Waals surface area contributed by atoms with Crippen molar-refractivity contribution < 1.29 is 0 Å². The molecule has 0 aliphatic heterocycles. The lowest BCUT2D eigenvalue weighted by Crippen LogP contribution is -2.21. The number of anilines is 1.